The van der Waals surface area contributed by atoms with Gasteiger partial charge in [-0.25, -0.2) is 8.78 Å². The minimum absolute atomic E-state index is 0.111. The van der Waals surface area contributed by atoms with Crippen molar-refractivity contribution in [1.82, 2.24) is 0 Å². The topological polar surface area (TPSA) is 69.1 Å². The molecule has 0 spiro atoms. The maximum Gasteiger partial charge on any atom is 0.227 e. The van der Waals surface area contributed by atoms with Crippen LogP contribution in [0.4, 0.5) is 14.5 Å². The average Bonchev–Trinajstić information content (AvgIpc) is 2.66. The molecule has 7 heteroatoms. The first-order chi connectivity index (χ1) is 8.60. The van der Waals surface area contributed by atoms with Crippen molar-refractivity contribution in [3.63, 3.8) is 0 Å². The molecular weight excluding hydrogens is 242 g/mol. The van der Waals surface area contributed by atoms with Crippen molar-refractivity contribution in [2.24, 2.45) is 11.0 Å². The Morgan fingerprint density at radius 3 is 2.67 bits per heavy atom. The number of hydrogen-bond acceptors (Lipinski definition) is 2. The number of carbonyl (C=O) groups excluding carboxylic acids is 1. The fourth-order valence-corrected chi connectivity index (χ4v) is 2.00. The molecule has 1 amide bonds. The summed E-state index contributed by atoms with van der Waals surface area (Å²) in [6.45, 7) is 0.511. The second-order valence-corrected chi connectivity index (χ2v) is 4.12. The fraction of sp³-hybridized carbons (Fsp3) is 0.364. The Morgan fingerprint density at radius 2 is 2.06 bits per heavy atom. The van der Waals surface area contributed by atoms with Gasteiger partial charge in [0.25, 0.3) is 0 Å². The van der Waals surface area contributed by atoms with Crippen LogP contribution in [0.2, 0.25) is 0 Å². The van der Waals surface area contributed by atoms with E-state index in [9.17, 15) is 13.6 Å². The largest absolute Gasteiger partial charge is 0.312 e. The van der Waals surface area contributed by atoms with Gasteiger partial charge in [-0.2, -0.15) is 0 Å². The van der Waals surface area contributed by atoms with Crippen molar-refractivity contribution in [2.45, 2.75) is 6.42 Å². The number of hydrogen-bond donors (Lipinski definition) is 0. The summed E-state index contributed by atoms with van der Waals surface area (Å²) in [6.07, 6.45) is 0.219. The molecule has 1 heterocycles. The Labute approximate surface area is 102 Å². The molecule has 1 aliphatic rings. The molecule has 1 atom stereocenters. The van der Waals surface area contributed by atoms with Gasteiger partial charge < -0.3 is 4.90 Å². The van der Waals surface area contributed by atoms with Crippen LogP contribution in [0.5, 0.6) is 0 Å². The standard InChI is InChI=1S/C11H10F2N4O/c12-8-2-9(13)4-10(3-8)17-6-7(1-11(17)18)5-15-16-14/h2-4,7H,1,5-6H2. The van der Waals surface area contributed by atoms with Crippen LogP contribution in [0.3, 0.4) is 0 Å². The number of halogens is 2. The van der Waals surface area contributed by atoms with Gasteiger partial charge in [-0.15, -0.1) is 0 Å². The molecule has 94 valence electrons. The molecule has 0 bridgehead atoms. The van der Waals surface area contributed by atoms with Crippen molar-refractivity contribution in [2.75, 3.05) is 18.0 Å². The highest BCUT2D eigenvalue weighted by atomic mass is 19.1. The third-order valence-corrected chi connectivity index (χ3v) is 2.77. The van der Waals surface area contributed by atoms with E-state index in [1.807, 2.05) is 0 Å². The Balaban J connectivity index is 2.18. The highest BCUT2D eigenvalue weighted by molar-refractivity contribution is 5.95. The van der Waals surface area contributed by atoms with E-state index in [4.69, 9.17) is 5.53 Å². The van der Waals surface area contributed by atoms with Crippen LogP contribution in [-0.2, 0) is 4.79 Å². The van der Waals surface area contributed by atoms with Gasteiger partial charge in [0.15, 0.2) is 0 Å². The molecule has 1 aliphatic heterocycles. The van der Waals surface area contributed by atoms with E-state index >= 15 is 0 Å². The van der Waals surface area contributed by atoms with E-state index in [-0.39, 0.29) is 30.5 Å². The molecule has 0 aliphatic carbocycles. The summed E-state index contributed by atoms with van der Waals surface area (Å²) >= 11 is 0. The van der Waals surface area contributed by atoms with Crippen LogP contribution < -0.4 is 4.90 Å². The zero-order valence-electron chi connectivity index (χ0n) is 9.38. The van der Waals surface area contributed by atoms with Gasteiger partial charge in [-0.3, -0.25) is 4.79 Å². The normalized spacial score (nSPS) is 18.9. The van der Waals surface area contributed by atoms with Crippen molar-refractivity contribution >= 4 is 11.6 Å². The summed E-state index contributed by atoms with van der Waals surface area (Å²) in [7, 11) is 0. The minimum Gasteiger partial charge on any atom is -0.312 e. The maximum atomic E-state index is 13.1. The second kappa shape index (κ2) is 5.01. The predicted octanol–water partition coefficient (Wildman–Crippen LogP) is 2.63. The van der Waals surface area contributed by atoms with Crippen LogP contribution in [0.1, 0.15) is 6.42 Å². The van der Waals surface area contributed by atoms with Crippen LogP contribution in [0.15, 0.2) is 23.3 Å². The van der Waals surface area contributed by atoms with Crippen molar-refractivity contribution in [1.29, 1.82) is 0 Å². The summed E-state index contributed by atoms with van der Waals surface area (Å²) in [5.74, 6) is -1.79. The molecule has 0 aromatic heterocycles. The van der Waals surface area contributed by atoms with Crippen molar-refractivity contribution in [3.05, 3.63) is 40.3 Å². The molecule has 0 radical (unpaired) electrons. The first-order valence-corrected chi connectivity index (χ1v) is 5.37. The van der Waals surface area contributed by atoms with E-state index in [0.29, 0.717) is 6.54 Å². The van der Waals surface area contributed by atoms with Crippen LogP contribution in [0.25, 0.3) is 10.4 Å². The second-order valence-electron chi connectivity index (χ2n) is 4.12. The van der Waals surface area contributed by atoms with E-state index < -0.39 is 11.6 Å². The third-order valence-electron chi connectivity index (χ3n) is 2.77. The summed E-state index contributed by atoms with van der Waals surface area (Å²) in [6, 6.07) is 2.97. The fourth-order valence-electron chi connectivity index (χ4n) is 2.00. The highest BCUT2D eigenvalue weighted by Gasteiger charge is 2.30. The van der Waals surface area contributed by atoms with Crippen molar-refractivity contribution in [3.8, 4) is 0 Å². The lowest BCUT2D eigenvalue weighted by Crippen LogP contribution is -2.25. The molecule has 0 saturated carbocycles. The first-order valence-electron chi connectivity index (χ1n) is 5.37. The Morgan fingerprint density at radius 1 is 1.39 bits per heavy atom. The van der Waals surface area contributed by atoms with Crippen LogP contribution >= 0.6 is 0 Å². The molecule has 1 aromatic carbocycles. The van der Waals surface area contributed by atoms with E-state index in [1.165, 1.54) is 4.90 Å². The first kappa shape index (κ1) is 12.3. The molecule has 5 nitrogen and oxygen atoms in total. The highest BCUT2D eigenvalue weighted by Crippen LogP contribution is 2.26. The average molecular weight is 252 g/mol. The Hall–Kier alpha value is -2.14. The van der Waals surface area contributed by atoms with Gasteiger partial charge in [-0.1, -0.05) is 5.11 Å². The van der Waals surface area contributed by atoms with Gasteiger partial charge >= 0.3 is 0 Å². The molecular formula is C11H10F2N4O. The molecule has 1 saturated heterocycles. The smallest absolute Gasteiger partial charge is 0.227 e. The summed E-state index contributed by atoms with van der Waals surface area (Å²) in [5.41, 5.74) is 8.40. The van der Waals surface area contributed by atoms with Gasteiger partial charge in [0.05, 0.1) is 0 Å². The van der Waals surface area contributed by atoms with Gasteiger partial charge in [0, 0.05) is 36.2 Å². The number of benzene rings is 1. The van der Waals surface area contributed by atoms with Gasteiger partial charge in [0.2, 0.25) is 5.91 Å². The quantitative estimate of drug-likeness (QED) is 0.463. The number of rotatable bonds is 3. The zero-order valence-corrected chi connectivity index (χ0v) is 9.38. The van der Waals surface area contributed by atoms with E-state index in [0.717, 1.165) is 18.2 Å². The number of anilines is 1. The monoisotopic (exact) mass is 252 g/mol. The zero-order chi connectivity index (χ0) is 13.1. The molecule has 1 unspecified atom stereocenters. The van der Waals surface area contributed by atoms with Crippen LogP contribution in [-0.4, -0.2) is 19.0 Å². The summed E-state index contributed by atoms with van der Waals surface area (Å²) < 4.78 is 26.1. The molecule has 1 fully saturated rings. The predicted molar refractivity (Wildman–Crippen MR) is 60.8 cm³/mol. The van der Waals surface area contributed by atoms with E-state index in [1.54, 1.807) is 0 Å². The van der Waals surface area contributed by atoms with Crippen LogP contribution in [0, 0.1) is 17.6 Å². The molecule has 0 N–H and O–H groups in total. The maximum absolute atomic E-state index is 13.1. The Bertz CT molecular complexity index is 508. The number of amides is 1. The Kier molecular flexibility index (Phi) is 3.43. The number of azide groups is 1. The third kappa shape index (κ3) is 2.57. The molecule has 18 heavy (non-hydrogen) atoms. The lowest BCUT2D eigenvalue weighted by molar-refractivity contribution is -0.117. The lowest BCUT2D eigenvalue weighted by atomic mass is 10.1. The number of carbonyl (C=O) groups is 1. The number of nitrogens with zero attached hydrogens (tertiary/aromatic N) is 4. The SMILES string of the molecule is [N-]=[N+]=NCC1CC(=O)N(c2cc(F)cc(F)c2)C1. The minimum atomic E-state index is -0.726. The summed E-state index contributed by atoms with van der Waals surface area (Å²) in [4.78, 5) is 15.7. The molecule has 1 aromatic rings. The van der Waals surface area contributed by atoms with Crippen molar-refractivity contribution < 1.29 is 13.6 Å². The van der Waals surface area contributed by atoms with Gasteiger partial charge in [0.1, 0.15) is 11.6 Å². The lowest BCUT2D eigenvalue weighted by Gasteiger charge is -2.16. The summed E-state index contributed by atoms with van der Waals surface area (Å²) in [5, 5.41) is 3.40. The van der Waals surface area contributed by atoms with E-state index in [2.05, 4.69) is 10.0 Å². The molecule has 2 rings (SSSR count). The van der Waals surface area contributed by atoms with Gasteiger partial charge in [-0.05, 0) is 23.6 Å².